The normalized spacial score (nSPS) is 20.4. The van der Waals surface area contributed by atoms with Gasteiger partial charge in [0.05, 0.1) is 36.7 Å². The van der Waals surface area contributed by atoms with Gasteiger partial charge in [0.15, 0.2) is 5.82 Å². The van der Waals surface area contributed by atoms with Crippen LogP contribution in [-0.4, -0.2) is 46.0 Å². The van der Waals surface area contributed by atoms with Crippen molar-refractivity contribution in [1.82, 2.24) is 9.97 Å². The third kappa shape index (κ3) is 4.05. The number of aromatic nitrogens is 2. The fraction of sp³-hybridized carbons (Fsp3) is 0.412. The number of rotatable bonds is 5. The smallest absolute Gasteiger partial charge is 0.416 e. The van der Waals surface area contributed by atoms with E-state index < -0.39 is 17.8 Å². The SMILES string of the molecule is OCCOc1cncc(N2C[C@@H](O)C[C@@H]2c2ccc(C(F)(F)F)cc2)n1. The molecule has 2 atom stereocenters. The summed E-state index contributed by atoms with van der Waals surface area (Å²) in [5, 5.41) is 18.9. The molecule has 1 aliphatic rings. The van der Waals surface area contributed by atoms with Crippen LogP contribution in [0.3, 0.4) is 0 Å². The molecule has 2 N–H and O–H groups in total. The Labute approximate surface area is 147 Å². The molecule has 6 nitrogen and oxygen atoms in total. The van der Waals surface area contributed by atoms with Crippen molar-refractivity contribution in [3.8, 4) is 5.88 Å². The van der Waals surface area contributed by atoms with Crippen LogP contribution in [0.1, 0.15) is 23.6 Å². The van der Waals surface area contributed by atoms with Crippen molar-refractivity contribution in [2.24, 2.45) is 0 Å². The van der Waals surface area contributed by atoms with Crippen LogP contribution < -0.4 is 9.64 Å². The molecule has 0 aliphatic carbocycles. The lowest BCUT2D eigenvalue weighted by Crippen LogP contribution is -2.25. The highest BCUT2D eigenvalue weighted by Gasteiger charge is 2.35. The highest BCUT2D eigenvalue weighted by molar-refractivity contribution is 5.44. The summed E-state index contributed by atoms with van der Waals surface area (Å²) in [5.41, 5.74) is -0.0661. The second-order valence-corrected chi connectivity index (χ2v) is 5.97. The van der Waals surface area contributed by atoms with Crippen LogP contribution in [0, 0.1) is 0 Å². The minimum atomic E-state index is -4.39. The zero-order valence-corrected chi connectivity index (χ0v) is 13.7. The second-order valence-electron chi connectivity index (χ2n) is 5.97. The van der Waals surface area contributed by atoms with E-state index in [2.05, 4.69) is 9.97 Å². The van der Waals surface area contributed by atoms with Crippen molar-refractivity contribution in [1.29, 1.82) is 0 Å². The van der Waals surface area contributed by atoms with Gasteiger partial charge in [-0.15, -0.1) is 0 Å². The Morgan fingerprint density at radius 2 is 1.92 bits per heavy atom. The molecule has 140 valence electrons. The molecule has 0 amide bonds. The number of nitrogens with zero attached hydrogens (tertiary/aromatic N) is 3. The minimum absolute atomic E-state index is 0.0725. The molecule has 26 heavy (non-hydrogen) atoms. The van der Waals surface area contributed by atoms with E-state index in [0.29, 0.717) is 17.8 Å². The quantitative estimate of drug-likeness (QED) is 0.841. The Bertz CT molecular complexity index is 740. The molecule has 1 saturated heterocycles. The maximum absolute atomic E-state index is 12.7. The average Bonchev–Trinajstić information content (AvgIpc) is 3.01. The summed E-state index contributed by atoms with van der Waals surface area (Å²) in [4.78, 5) is 10.1. The highest BCUT2D eigenvalue weighted by atomic mass is 19.4. The molecule has 2 heterocycles. The highest BCUT2D eigenvalue weighted by Crippen LogP contribution is 2.37. The van der Waals surface area contributed by atoms with Crippen molar-refractivity contribution in [2.45, 2.75) is 24.7 Å². The molecule has 9 heteroatoms. The third-order valence-electron chi connectivity index (χ3n) is 4.14. The number of alkyl halides is 3. The number of anilines is 1. The lowest BCUT2D eigenvalue weighted by atomic mass is 10.0. The summed E-state index contributed by atoms with van der Waals surface area (Å²) >= 11 is 0. The maximum atomic E-state index is 12.7. The number of aliphatic hydroxyl groups excluding tert-OH is 2. The van der Waals surface area contributed by atoms with Gasteiger partial charge in [-0.3, -0.25) is 4.98 Å². The van der Waals surface area contributed by atoms with Gasteiger partial charge in [-0.25, -0.2) is 0 Å². The first-order valence-corrected chi connectivity index (χ1v) is 8.06. The first-order valence-electron chi connectivity index (χ1n) is 8.06. The Hall–Kier alpha value is -2.39. The fourth-order valence-electron chi connectivity index (χ4n) is 2.97. The lowest BCUT2D eigenvalue weighted by molar-refractivity contribution is -0.137. The lowest BCUT2D eigenvalue weighted by Gasteiger charge is -2.26. The molecule has 1 aromatic heterocycles. The molecule has 0 unspecified atom stereocenters. The van der Waals surface area contributed by atoms with E-state index in [-0.39, 0.29) is 31.7 Å². The first kappa shape index (κ1) is 18.4. The van der Waals surface area contributed by atoms with Gasteiger partial charge in [-0.1, -0.05) is 12.1 Å². The second kappa shape index (κ2) is 7.46. The number of aliphatic hydroxyl groups is 2. The van der Waals surface area contributed by atoms with Crippen LogP contribution in [0.25, 0.3) is 0 Å². The number of β-amino-alcohol motifs (C(OH)–C–C–N with tert-alkyl or cyclic N) is 1. The molecule has 0 bridgehead atoms. The predicted octanol–water partition coefficient (Wildman–Crippen LogP) is 2.18. The Balaban J connectivity index is 1.85. The summed E-state index contributed by atoms with van der Waals surface area (Å²) in [6.07, 6.45) is -1.75. The van der Waals surface area contributed by atoms with Crippen molar-refractivity contribution in [2.75, 3.05) is 24.7 Å². The molecule has 0 radical (unpaired) electrons. The zero-order valence-electron chi connectivity index (χ0n) is 13.7. The van der Waals surface area contributed by atoms with Gasteiger partial charge in [-0.05, 0) is 24.1 Å². The van der Waals surface area contributed by atoms with Gasteiger partial charge in [0.2, 0.25) is 5.88 Å². The van der Waals surface area contributed by atoms with Crippen LogP contribution in [0.15, 0.2) is 36.7 Å². The van der Waals surface area contributed by atoms with Gasteiger partial charge >= 0.3 is 6.18 Å². The van der Waals surface area contributed by atoms with Crippen molar-refractivity contribution in [3.05, 3.63) is 47.8 Å². The van der Waals surface area contributed by atoms with Crippen molar-refractivity contribution >= 4 is 5.82 Å². The van der Waals surface area contributed by atoms with Crippen LogP contribution in [0.4, 0.5) is 19.0 Å². The minimum Gasteiger partial charge on any atom is -0.474 e. The van der Waals surface area contributed by atoms with Gasteiger partial charge in [0.25, 0.3) is 0 Å². The fourth-order valence-corrected chi connectivity index (χ4v) is 2.97. The summed E-state index contributed by atoms with van der Waals surface area (Å²) in [7, 11) is 0. The topological polar surface area (TPSA) is 78.7 Å². The molecule has 1 aromatic carbocycles. The van der Waals surface area contributed by atoms with Gasteiger partial charge in [0.1, 0.15) is 6.61 Å². The summed E-state index contributed by atoms with van der Waals surface area (Å²) in [5.74, 6) is 0.672. The van der Waals surface area contributed by atoms with Gasteiger partial charge in [0, 0.05) is 6.54 Å². The van der Waals surface area contributed by atoms with E-state index in [1.807, 2.05) is 0 Å². The summed E-state index contributed by atoms with van der Waals surface area (Å²) in [6, 6.07) is 4.57. The van der Waals surface area contributed by atoms with Crippen LogP contribution in [0.2, 0.25) is 0 Å². The standard InChI is InChI=1S/C17H18F3N3O3/c18-17(19,20)12-3-1-11(2-4-12)14-7-13(25)10-23(14)15-8-21-9-16(22-15)26-6-5-24/h1-4,8-9,13-14,24-25H,5-7,10H2/t13-,14+/m0/s1. The zero-order chi connectivity index (χ0) is 18.7. The van der Waals surface area contributed by atoms with Gasteiger partial charge < -0.3 is 19.8 Å². The largest absolute Gasteiger partial charge is 0.474 e. The monoisotopic (exact) mass is 369 g/mol. The van der Waals surface area contributed by atoms with E-state index >= 15 is 0 Å². The number of ether oxygens (including phenoxy) is 1. The first-order chi connectivity index (χ1) is 12.4. The summed E-state index contributed by atoms with van der Waals surface area (Å²) in [6.45, 7) is 0.190. The van der Waals surface area contributed by atoms with Crippen molar-refractivity contribution < 1.29 is 28.1 Å². The van der Waals surface area contributed by atoms with Crippen LogP contribution in [0.5, 0.6) is 5.88 Å². The summed E-state index contributed by atoms with van der Waals surface area (Å²) < 4.78 is 43.5. The van der Waals surface area contributed by atoms with E-state index in [4.69, 9.17) is 9.84 Å². The molecule has 1 aliphatic heterocycles. The Morgan fingerprint density at radius 3 is 2.58 bits per heavy atom. The Kier molecular flexibility index (Phi) is 5.28. The van der Waals surface area contributed by atoms with E-state index in [1.54, 1.807) is 4.90 Å². The Morgan fingerprint density at radius 1 is 1.19 bits per heavy atom. The van der Waals surface area contributed by atoms with Crippen molar-refractivity contribution in [3.63, 3.8) is 0 Å². The van der Waals surface area contributed by atoms with E-state index in [0.717, 1.165) is 12.1 Å². The number of halogens is 3. The van der Waals surface area contributed by atoms with E-state index in [1.165, 1.54) is 24.5 Å². The van der Waals surface area contributed by atoms with E-state index in [9.17, 15) is 18.3 Å². The van der Waals surface area contributed by atoms with Crippen LogP contribution in [-0.2, 0) is 6.18 Å². The molecule has 1 fully saturated rings. The molecule has 0 spiro atoms. The molecular weight excluding hydrogens is 351 g/mol. The average molecular weight is 369 g/mol. The predicted molar refractivity (Wildman–Crippen MR) is 86.8 cm³/mol. The third-order valence-corrected chi connectivity index (χ3v) is 4.14. The molecular formula is C17H18F3N3O3. The maximum Gasteiger partial charge on any atom is 0.416 e. The number of benzene rings is 1. The number of hydrogen-bond donors (Lipinski definition) is 2. The number of hydrogen-bond acceptors (Lipinski definition) is 6. The molecule has 3 rings (SSSR count). The van der Waals surface area contributed by atoms with Gasteiger partial charge in [-0.2, -0.15) is 18.2 Å². The molecule has 2 aromatic rings. The molecule has 0 saturated carbocycles. The van der Waals surface area contributed by atoms with Crippen LogP contribution >= 0.6 is 0 Å².